The van der Waals surface area contributed by atoms with Gasteiger partial charge in [0, 0.05) is 54.7 Å². The van der Waals surface area contributed by atoms with E-state index < -0.39 is 0 Å². The third-order valence-corrected chi connectivity index (χ3v) is 13.0. The highest BCUT2D eigenvalue weighted by atomic mass is 16.3. The van der Waals surface area contributed by atoms with E-state index in [9.17, 15) is 0 Å². The van der Waals surface area contributed by atoms with Crippen LogP contribution in [0.3, 0.4) is 0 Å². The second-order valence-electron chi connectivity index (χ2n) is 17.1. The first-order valence-corrected chi connectivity index (χ1v) is 22.5. The summed E-state index contributed by atoms with van der Waals surface area (Å²) in [6, 6.07) is 74.7. The Balaban J connectivity index is 1.17. The van der Waals surface area contributed by atoms with Crippen LogP contribution in [0.15, 0.2) is 239 Å². The fraction of sp³-hybridized carbons (Fsp3) is 0.0492. The second-order valence-corrected chi connectivity index (χ2v) is 17.1. The molecule has 0 saturated heterocycles. The van der Waals surface area contributed by atoms with E-state index in [-0.39, 0.29) is 6.04 Å². The van der Waals surface area contributed by atoms with Crippen LogP contribution in [0.4, 0.5) is 0 Å². The molecule has 5 nitrogen and oxygen atoms in total. The number of para-hydroxylation sites is 5. The zero-order valence-corrected chi connectivity index (χ0v) is 36.7. The molecule has 0 aliphatic carbocycles. The summed E-state index contributed by atoms with van der Waals surface area (Å²) in [6.45, 7) is 8.57. The quantitative estimate of drug-likeness (QED) is 0.111. The maximum absolute atomic E-state index is 7.44. The molecule has 0 aliphatic rings. The SMILES string of the molecule is C=C(C)C(=NC(=NC(C)c1ccccc1)c1ccc(-c2ccc3c(c2)c2ccccc2n3-c2ccccc2)c2oc3c(-n4c5ccccc5c5ccccc54)cccc3c12)c1ccccc1. The molecular weight excluding hydrogens is 805 g/mol. The van der Waals surface area contributed by atoms with Crippen LogP contribution in [-0.2, 0) is 0 Å². The van der Waals surface area contributed by atoms with Crippen molar-refractivity contribution in [2.75, 3.05) is 0 Å². The standard InChI is InChI=1S/C61H44N4O/c1-39(2)58(42-22-9-5-10-23-42)63-61(62-40(3)41-20-7-4-8-21-41)50-36-35-45(43-34-37-55-51(38-43)48-28-15-16-30-52(48)64(55)44-24-11-6-12-25-44)60-57(50)49-29-19-33-56(59(49)66-60)65-53-31-17-13-26-46(53)47-27-14-18-32-54(47)65/h4-38,40H,1H2,2-3H3. The maximum Gasteiger partial charge on any atom is 0.159 e. The van der Waals surface area contributed by atoms with Crippen molar-refractivity contribution in [3.63, 3.8) is 0 Å². The molecule has 0 spiro atoms. The minimum Gasteiger partial charge on any atom is -0.453 e. The molecular formula is C61H44N4O. The highest BCUT2D eigenvalue weighted by molar-refractivity contribution is 6.26. The molecule has 3 aromatic heterocycles. The van der Waals surface area contributed by atoms with E-state index in [0.717, 1.165) is 94.5 Å². The number of allylic oxidation sites excluding steroid dienone is 1. The molecule has 12 rings (SSSR count). The summed E-state index contributed by atoms with van der Waals surface area (Å²) in [5.41, 5.74) is 14.8. The van der Waals surface area contributed by atoms with Crippen molar-refractivity contribution in [3.05, 3.63) is 241 Å². The molecule has 0 radical (unpaired) electrons. The number of rotatable bonds is 8. The third-order valence-electron chi connectivity index (χ3n) is 13.0. The highest BCUT2D eigenvalue weighted by Crippen LogP contribution is 2.44. The first-order chi connectivity index (χ1) is 32.5. The summed E-state index contributed by atoms with van der Waals surface area (Å²) in [6.07, 6.45) is 0. The van der Waals surface area contributed by atoms with Gasteiger partial charge in [-0.05, 0) is 91.2 Å². The number of aliphatic imine (C=N–C) groups is 2. The predicted molar refractivity (Wildman–Crippen MR) is 277 cm³/mol. The van der Waals surface area contributed by atoms with Crippen LogP contribution >= 0.6 is 0 Å². The molecule has 1 unspecified atom stereocenters. The fourth-order valence-electron chi connectivity index (χ4n) is 9.91. The van der Waals surface area contributed by atoms with Gasteiger partial charge in [-0.15, -0.1) is 0 Å². The van der Waals surface area contributed by atoms with Gasteiger partial charge in [0.05, 0.1) is 39.5 Å². The van der Waals surface area contributed by atoms with E-state index in [1.165, 1.54) is 21.5 Å². The highest BCUT2D eigenvalue weighted by Gasteiger charge is 2.25. The van der Waals surface area contributed by atoms with Gasteiger partial charge in [-0.1, -0.05) is 158 Å². The summed E-state index contributed by atoms with van der Waals surface area (Å²) in [5.74, 6) is 0.608. The predicted octanol–water partition coefficient (Wildman–Crippen LogP) is 16.0. The lowest BCUT2D eigenvalue weighted by Gasteiger charge is -2.14. The number of hydrogen-bond acceptors (Lipinski definition) is 2. The van der Waals surface area contributed by atoms with Gasteiger partial charge in [-0.3, -0.25) is 4.99 Å². The van der Waals surface area contributed by atoms with Gasteiger partial charge in [0.15, 0.2) is 11.4 Å². The molecule has 314 valence electrons. The zero-order valence-electron chi connectivity index (χ0n) is 36.7. The Labute approximate surface area is 382 Å². The molecule has 12 aromatic rings. The van der Waals surface area contributed by atoms with Crippen molar-refractivity contribution in [1.82, 2.24) is 9.13 Å². The van der Waals surface area contributed by atoms with Crippen LogP contribution in [0.1, 0.15) is 36.6 Å². The van der Waals surface area contributed by atoms with Gasteiger partial charge in [-0.25, -0.2) is 4.99 Å². The first-order valence-electron chi connectivity index (χ1n) is 22.5. The van der Waals surface area contributed by atoms with E-state index in [0.29, 0.717) is 5.84 Å². The normalized spacial score (nSPS) is 12.9. The Morgan fingerprint density at radius 3 is 1.74 bits per heavy atom. The van der Waals surface area contributed by atoms with E-state index in [2.05, 4.69) is 211 Å². The van der Waals surface area contributed by atoms with E-state index in [4.69, 9.17) is 14.4 Å². The lowest BCUT2D eigenvalue weighted by Crippen LogP contribution is -2.09. The molecule has 0 saturated carbocycles. The molecule has 0 fully saturated rings. The van der Waals surface area contributed by atoms with Gasteiger partial charge in [-0.2, -0.15) is 0 Å². The van der Waals surface area contributed by atoms with Crippen LogP contribution in [0, 0.1) is 0 Å². The summed E-state index contributed by atoms with van der Waals surface area (Å²) in [5, 5.41) is 6.68. The molecule has 0 bridgehead atoms. The number of nitrogens with zero attached hydrogens (tertiary/aromatic N) is 4. The molecule has 0 aliphatic heterocycles. The Kier molecular flexibility index (Phi) is 9.42. The molecule has 1 atom stereocenters. The largest absolute Gasteiger partial charge is 0.453 e. The Hall–Kier alpha value is -8.54. The maximum atomic E-state index is 7.44. The Morgan fingerprint density at radius 2 is 1.08 bits per heavy atom. The summed E-state index contributed by atoms with van der Waals surface area (Å²) in [4.78, 5) is 11.0. The first kappa shape index (κ1) is 39.1. The Bertz CT molecular complexity index is 3850. The Morgan fingerprint density at radius 1 is 0.515 bits per heavy atom. The third kappa shape index (κ3) is 6.39. The molecule has 5 heteroatoms. The van der Waals surface area contributed by atoms with Crippen molar-refractivity contribution in [2.24, 2.45) is 9.98 Å². The van der Waals surface area contributed by atoms with Crippen LogP contribution in [0.25, 0.3) is 88.1 Å². The number of hydrogen-bond donors (Lipinski definition) is 0. The zero-order chi connectivity index (χ0) is 44.3. The second kappa shape index (κ2) is 15.9. The molecule has 66 heavy (non-hydrogen) atoms. The van der Waals surface area contributed by atoms with Crippen molar-refractivity contribution in [1.29, 1.82) is 0 Å². The van der Waals surface area contributed by atoms with Crippen LogP contribution in [0.5, 0.6) is 0 Å². The minimum atomic E-state index is -0.197. The van der Waals surface area contributed by atoms with Crippen molar-refractivity contribution < 1.29 is 4.42 Å². The van der Waals surface area contributed by atoms with Crippen LogP contribution in [-0.4, -0.2) is 20.7 Å². The average Bonchev–Trinajstić information content (AvgIpc) is 4.04. The van der Waals surface area contributed by atoms with Gasteiger partial charge in [0.25, 0.3) is 0 Å². The number of furan rings is 1. The van der Waals surface area contributed by atoms with Gasteiger partial charge in [0.1, 0.15) is 5.58 Å². The molecule has 0 N–H and O–H groups in total. The number of amidine groups is 1. The summed E-state index contributed by atoms with van der Waals surface area (Å²) in [7, 11) is 0. The molecule has 9 aromatic carbocycles. The smallest absolute Gasteiger partial charge is 0.159 e. The van der Waals surface area contributed by atoms with Crippen molar-refractivity contribution >= 4 is 77.1 Å². The topological polar surface area (TPSA) is 47.7 Å². The lowest BCUT2D eigenvalue weighted by atomic mass is 9.96. The van der Waals surface area contributed by atoms with E-state index >= 15 is 0 Å². The summed E-state index contributed by atoms with van der Waals surface area (Å²) < 4.78 is 12.1. The average molecular weight is 849 g/mol. The minimum absolute atomic E-state index is 0.197. The van der Waals surface area contributed by atoms with Crippen LogP contribution < -0.4 is 0 Å². The van der Waals surface area contributed by atoms with Gasteiger partial charge >= 0.3 is 0 Å². The van der Waals surface area contributed by atoms with E-state index in [1.807, 2.05) is 31.2 Å². The number of aromatic nitrogens is 2. The van der Waals surface area contributed by atoms with Gasteiger partial charge < -0.3 is 13.6 Å². The molecule has 0 amide bonds. The fourth-order valence-corrected chi connectivity index (χ4v) is 9.91. The van der Waals surface area contributed by atoms with Crippen molar-refractivity contribution in [2.45, 2.75) is 19.9 Å². The van der Waals surface area contributed by atoms with Crippen LogP contribution in [0.2, 0.25) is 0 Å². The van der Waals surface area contributed by atoms with Crippen molar-refractivity contribution in [3.8, 4) is 22.5 Å². The summed E-state index contributed by atoms with van der Waals surface area (Å²) >= 11 is 0. The monoisotopic (exact) mass is 848 g/mol. The van der Waals surface area contributed by atoms with E-state index in [1.54, 1.807) is 0 Å². The molecule has 3 heterocycles. The number of fused-ring (bicyclic) bond motifs is 9. The lowest BCUT2D eigenvalue weighted by molar-refractivity contribution is 0.667. The number of benzene rings is 9. The van der Waals surface area contributed by atoms with Gasteiger partial charge in [0.2, 0.25) is 0 Å².